The molecule has 2 aromatic heterocycles. The van der Waals surface area contributed by atoms with Gasteiger partial charge in [-0.1, -0.05) is 24.3 Å². The van der Waals surface area contributed by atoms with Crippen molar-refractivity contribution < 1.29 is 0 Å². The van der Waals surface area contributed by atoms with Crippen LogP contribution in [0.2, 0.25) is 0 Å². The van der Waals surface area contributed by atoms with E-state index >= 15 is 0 Å². The second kappa shape index (κ2) is 10.7. The molecule has 0 saturated heterocycles. The Hall–Kier alpha value is -2.43. The number of aryl methyl sites for hydroxylation is 1. The van der Waals surface area contributed by atoms with Crippen molar-refractivity contribution in [2.75, 3.05) is 7.05 Å². The smallest absolute Gasteiger partial charge is 0.191 e. The van der Waals surface area contributed by atoms with Gasteiger partial charge in [-0.2, -0.15) is 5.10 Å². The lowest BCUT2D eigenvalue weighted by Gasteiger charge is -2.14. The summed E-state index contributed by atoms with van der Waals surface area (Å²) >= 11 is 0. The van der Waals surface area contributed by atoms with E-state index in [1.165, 1.54) is 11.1 Å². The van der Waals surface area contributed by atoms with Crippen LogP contribution < -0.4 is 10.6 Å². The lowest BCUT2D eigenvalue weighted by molar-refractivity contribution is 0.665. The molecular formula is C18H25IN8. The summed E-state index contributed by atoms with van der Waals surface area (Å²) in [6.45, 7) is 4.91. The fourth-order valence-corrected chi connectivity index (χ4v) is 2.70. The Morgan fingerprint density at radius 3 is 2.59 bits per heavy atom. The second-order valence-electron chi connectivity index (χ2n) is 5.78. The fraction of sp³-hybridized carbons (Fsp3) is 0.333. The molecule has 0 unspecified atom stereocenters. The minimum Gasteiger partial charge on any atom is -0.352 e. The van der Waals surface area contributed by atoms with Crippen LogP contribution in [0.15, 0.2) is 54.0 Å². The zero-order valence-corrected chi connectivity index (χ0v) is 17.9. The maximum absolute atomic E-state index is 4.28. The Morgan fingerprint density at radius 2 is 1.89 bits per heavy atom. The van der Waals surface area contributed by atoms with E-state index in [0.29, 0.717) is 13.1 Å². The number of rotatable bonds is 7. The van der Waals surface area contributed by atoms with E-state index in [0.717, 1.165) is 24.9 Å². The molecule has 8 nitrogen and oxygen atoms in total. The van der Waals surface area contributed by atoms with Crippen LogP contribution in [-0.2, 0) is 26.2 Å². The summed E-state index contributed by atoms with van der Waals surface area (Å²) < 4.78 is 3.92. The standard InChI is InChI=1S/C18H24N8.HI/c1-3-25-14-22-24-17(25)12-21-18(19-2)20-11-15-7-4-5-8-16(15)13-26-10-6-9-23-26;/h4-10,14H,3,11-13H2,1-2H3,(H2,19,20,21);1H. The third kappa shape index (κ3) is 5.78. The maximum Gasteiger partial charge on any atom is 0.191 e. The Morgan fingerprint density at radius 1 is 1.11 bits per heavy atom. The molecule has 1 aromatic carbocycles. The van der Waals surface area contributed by atoms with E-state index < -0.39 is 0 Å². The molecule has 3 rings (SSSR count). The van der Waals surface area contributed by atoms with Gasteiger partial charge in [0.1, 0.15) is 6.33 Å². The SMILES string of the molecule is CCn1cnnc1CNC(=NC)NCc1ccccc1Cn1cccn1.I. The van der Waals surface area contributed by atoms with Crippen molar-refractivity contribution in [2.45, 2.75) is 33.1 Å². The van der Waals surface area contributed by atoms with Crippen LogP contribution in [0, 0.1) is 0 Å². The summed E-state index contributed by atoms with van der Waals surface area (Å²) in [6, 6.07) is 10.3. The third-order valence-corrected chi connectivity index (χ3v) is 4.13. The van der Waals surface area contributed by atoms with Crippen molar-refractivity contribution in [1.29, 1.82) is 0 Å². The Kier molecular flexibility index (Phi) is 8.24. The molecule has 0 bridgehead atoms. The molecule has 0 spiro atoms. The predicted octanol–water partition coefficient (Wildman–Crippen LogP) is 2.03. The average Bonchev–Trinajstić information content (AvgIpc) is 3.34. The van der Waals surface area contributed by atoms with Gasteiger partial charge in [-0.3, -0.25) is 9.67 Å². The van der Waals surface area contributed by atoms with Gasteiger partial charge in [-0.25, -0.2) is 0 Å². The third-order valence-electron chi connectivity index (χ3n) is 4.13. The van der Waals surface area contributed by atoms with Crippen molar-refractivity contribution in [3.05, 3.63) is 66.0 Å². The van der Waals surface area contributed by atoms with Crippen LogP contribution in [-0.4, -0.2) is 37.6 Å². The number of guanidine groups is 1. The lowest BCUT2D eigenvalue weighted by Crippen LogP contribution is -2.37. The highest BCUT2D eigenvalue weighted by Gasteiger charge is 2.06. The fourth-order valence-electron chi connectivity index (χ4n) is 2.70. The Balaban J connectivity index is 0.00000261. The number of hydrogen-bond acceptors (Lipinski definition) is 4. The normalized spacial score (nSPS) is 11.1. The molecule has 144 valence electrons. The molecule has 2 N–H and O–H groups in total. The van der Waals surface area contributed by atoms with Gasteiger partial charge in [0.25, 0.3) is 0 Å². The lowest BCUT2D eigenvalue weighted by atomic mass is 10.1. The van der Waals surface area contributed by atoms with E-state index in [-0.39, 0.29) is 24.0 Å². The maximum atomic E-state index is 4.28. The molecule has 0 aliphatic heterocycles. The number of nitrogens with zero attached hydrogens (tertiary/aromatic N) is 6. The molecule has 0 aliphatic rings. The predicted molar refractivity (Wildman–Crippen MR) is 116 cm³/mol. The topological polar surface area (TPSA) is 85.0 Å². The van der Waals surface area contributed by atoms with Gasteiger partial charge in [0.2, 0.25) is 0 Å². The van der Waals surface area contributed by atoms with Crippen LogP contribution in [0.4, 0.5) is 0 Å². The first-order chi connectivity index (χ1) is 12.8. The molecule has 0 amide bonds. The average molecular weight is 480 g/mol. The van der Waals surface area contributed by atoms with Crippen LogP contribution in [0.5, 0.6) is 0 Å². The molecule has 3 aromatic rings. The summed E-state index contributed by atoms with van der Waals surface area (Å²) in [4.78, 5) is 4.28. The monoisotopic (exact) mass is 480 g/mol. The van der Waals surface area contributed by atoms with E-state index in [2.05, 4.69) is 50.0 Å². The highest BCUT2D eigenvalue weighted by atomic mass is 127. The first-order valence-electron chi connectivity index (χ1n) is 8.65. The molecule has 0 aliphatic carbocycles. The van der Waals surface area contributed by atoms with Crippen LogP contribution >= 0.6 is 24.0 Å². The number of aliphatic imine (C=N–C) groups is 1. The Labute approximate surface area is 176 Å². The molecule has 27 heavy (non-hydrogen) atoms. The number of benzene rings is 1. The second-order valence-corrected chi connectivity index (χ2v) is 5.78. The number of aromatic nitrogens is 5. The zero-order valence-electron chi connectivity index (χ0n) is 15.5. The first-order valence-corrected chi connectivity index (χ1v) is 8.65. The number of hydrogen-bond donors (Lipinski definition) is 2. The van der Waals surface area contributed by atoms with Gasteiger partial charge in [-0.05, 0) is 24.1 Å². The van der Waals surface area contributed by atoms with Crippen molar-refractivity contribution in [3.63, 3.8) is 0 Å². The van der Waals surface area contributed by atoms with Gasteiger partial charge >= 0.3 is 0 Å². The molecular weight excluding hydrogens is 455 g/mol. The van der Waals surface area contributed by atoms with Crippen molar-refractivity contribution >= 4 is 29.9 Å². The minimum atomic E-state index is 0. The summed E-state index contributed by atoms with van der Waals surface area (Å²) in [6.07, 6.45) is 5.50. The molecule has 0 fully saturated rings. The van der Waals surface area contributed by atoms with Crippen LogP contribution in [0.25, 0.3) is 0 Å². The van der Waals surface area contributed by atoms with Crippen LogP contribution in [0.1, 0.15) is 23.9 Å². The van der Waals surface area contributed by atoms with Gasteiger partial charge in [0, 0.05) is 32.5 Å². The van der Waals surface area contributed by atoms with Crippen LogP contribution in [0.3, 0.4) is 0 Å². The molecule has 9 heteroatoms. The quantitative estimate of drug-likeness (QED) is 0.307. The van der Waals surface area contributed by atoms with E-state index in [9.17, 15) is 0 Å². The summed E-state index contributed by atoms with van der Waals surface area (Å²) in [7, 11) is 1.76. The van der Waals surface area contributed by atoms with Gasteiger partial charge < -0.3 is 15.2 Å². The minimum absolute atomic E-state index is 0. The first kappa shape index (κ1) is 20.9. The molecule has 0 atom stereocenters. The van der Waals surface area contributed by atoms with Gasteiger partial charge in [0.15, 0.2) is 11.8 Å². The summed E-state index contributed by atoms with van der Waals surface area (Å²) in [5.74, 6) is 1.61. The highest BCUT2D eigenvalue weighted by molar-refractivity contribution is 14.0. The zero-order chi connectivity index (χ0) is 18.2. The van der Waals surface area contributed by atoms with Crippen molar-refractivity contribution in [2.24, 2.45) is 4.99 Å². The molecule has 2 heterocycles. The Bertz CT molecular complexity index is 841. The van der Waals surface area contributed by atoms with E-state index in [4.69, 9.17) is 0 Å². The van der Waals surface area contributed by atoms with E-state index in [1.54, 1.807) is 19.6 Å². The van der Waals surface area contributed by atoms with Crippen molar-refractivity contribution in [1.82, 2.24) is 35.2 Å². The molecule has 0 radical (unpaired) electrons. The number of halogens is 1. The highest BCUT2D eigenvalue weighted by Crippen LogP contribution is 2.10. The van der Waals surface area contributed by atoms with Crippen molar-refractivity contribution in [3.8, 4) is 0 Å². The number of nitrogens with one attached hydrogen (secondary N) is 2. The largest absolute Gasteiger partial charge is 0.352 e. The summed E-state index contributed by atoms with van der Waals surface area (Å²) in [5.41, 5.74) is 2.44. The van der Waals surface area contributed by atoms with Gasteiger partial charge in [-0.15, -0.1) is 34.2 Å². The molecule has 0 saturated carbocycles. The van der Waals surface area contributed by atoms with E-state index in [1.807, 2.05) is 33.6 Å². The summed E-state index contributed by atoms with van der Waals surface area (Å²) in [5, 5.41) is 19.0. The van der Waals surface area contributed by atoms with Gasteiger partial charge in [0.05, 0.1) is 13.1 Å².